The first-order chi connectivity index (χ1) is 10.2. The molecule has 3 rings (SSSR count). The van der Waals surface area contributed by atoms with Gasteiger partial charge >= 0.3 is 0 Å². The number of nitrogens with zero attached hydrogens (tertiary/aromatic N) is 1. The fraction of sp³-hybridized carbons (Fsp3) is 0.882. The topological polar surface area (TPSA) is 46.6 Å². The monoisotopic (exact) mass is 293 g/mol. The molecule has 4 heteroatoms. The van der Waals surface area contributed by atoms with Gasteiger partial charge < -0.3 is 9.64 Å². The first-order valence-corrected chi connectivity index (χ1v) is 8.63. The number of carbonyl (C=O) groups is 2. The van der Waals surface area contributed by atoms with Crippen LogP contribution in [0.2, 0.25) is 0 Å². The molecule has 0 aromatic heterocycles. The summed E-state index contributed by atoms with van der Waals surface area (Å²) in [5.41, 5.74) is 0. The van der Waals surface area contributed by atoms with Crippen LogP contribution in [-0.4, -0.2) is 41.9 Å². The molecular formula is C17H27NO3. The van der Waals surface area contributed by atoms with Crippen molar-refractivity contribution in [1.29, 1.82) is 0 Å². The lowest BCUT2D eigenvalue weighted by Crippen LogP contribution is -2.53. The molecule has 3 fully saturated rings. The Hall–Kier alpha value is -0.900. The van der Waals surface area contributed by atoms with Gasteiger partial charge in [-0.05, 0) is 44.4 Å². The largest absolute Gasteiger partial charge is 0.368 e. The molecule has 3 aliphatic rings. The van der Waals surface area contributed by atoms with Crippen LogP contribution in [0.4, 0.5) is 0 Å². The van der Waals surface area contributed by atoms with Crippen molar-refractivity contribution in [3.8, 4) is 0 Å². The molecule has 0 spiro atoms. The van der Waals surface area contributed by atoms with Gasteiger partial charge in [-0.25, -0.2) is 0 Å². The van der Waals surface area contributed by atoms with Crippen molar-refractivity contribution >= 4 is 11.7 Å². The molecule has 0 aromatic rings. The smallest absolute Gasteiger partial charge is 0.252 e. The first-order valence-electron chi connectivity index (χ1n) is 8.63. The summed E-state index contributed by atoms with van der Waals surface area (Å²) in [7, 11) is 0. The molecule has 0 aromatic carbocycles. The third-order valence-corrected chi connectivity index (χ3v) is 5.53. The zero-order valence-corrected chi connectivity index (χ0v) is 13.1. The Bertz CT molecular complexity index is 409. The summed E-state index contributed by atoms with van der Waals surface area (Å²) in [6.45, 7) is 3.60. The third kappa shape index (κ3) is 3.01. The van der Waals surface area contributed by atoms with Crippen LogP contribution in [0, 0.1) is 11.8 Å². The fourth-order valence-electron chi connectivity index (χ4n) is 4.24. The number of piperidine rings is 1. The van der Waals surface area contributed by atoms with E-state index in [0.717, 1.165) is 51.5 Å². The number of hydrogen-bond donors (Lipinski definition) is 0. The highest BCUT2D eigenvalue weighted by Crippen LogP contribution is 2.33. The third-order valence-electron chi connectivity index (χ3n) is 5.53. The quantitative estimate of drug-likeness (QED) is 0.786. The second-order valence-electron chi connectivity index (χ2n) is 6.97. The summed E-state index contributed by atoms with van der Waals surface area (Å²) < 4.78 is 5.67. The molecule has 1 saturated carbocycles. The minimum absolute atomic E-state index is 0.0831. The van der Waals surface area contributed by atoms with E-state index in [1.807, 2.05) is 4.90 Å². The van der Waals surface area contributed by atoms with E-state index in [1.165, 1.54) is 0 Å². The van der Waals surface area contributed by atoms with E-state index in [1.54, 1.807) is 0 Å². The molecule has 0 bridgehead atoms. The molecule has 2 saturated heterocycles. The van der Waals surface area contributed by atoms with Crippen LogP contribution in [0.5, 0.6) is 0 Å². The number of hydrogen-bond acceptors (Lipinski definition) is 3. The average molecular weight is 293 g/mol. The van der Waals surface area contributed by atoms with Crippen molar-refractivity contribution in [2.24, 2.45) is 11.8 Å². The molecule has 1 aliphatic carbocycles. The van der Waals surface area contributed by atoms with Crippen molar-refractivity contribution in [1.82, 2.24) is 4.90 Å². The maximum atomic E-state index is 12.9. The second kappa shape index (κ2) is 6.47. The molecule has 2 aliphatic heterocycles. The zero-order chi connectivity index (χ0) is 14.8. The van der Waals surface area contributed by atoms with Crippen molar-refractivity contribution in [3.05, 3.63) is 0 Å². The summed E-state index contributed by atoms with van der Waals surface area (Å²) in [5, 5.41) is 0. The number of ether oxygens (including phenoxy) is 1. The maximum Gasteiger partial charge on any atom is 0.252 e. The van der Waals surface area contributed by atoms with Gasteiger partial charge in [-0.3, -0.25) is 9.59 Å². The molecule has 118 valence electrons. The number of likely N-dealkylation sites (tertiary alicyclic amines) is 1. The fourth-order valence-corrected chi connectivity index (χ4v) is 4.24. The van der Waals surface area contributed by atoms with Gasteiger partial charge in [0.05, 0.1) is 0 Å². The van der Waals surface area contributed by atoms with Crippen molar-refractivity contribution in [2.45, 2.75) is 70.4 Å². The molecule has 2 heterocycles. The zero-order valence-electron chi connectivity index (χ0n) is 13.1. The van der Waals surface area contributed by atoms with Gasteiger partial charge in [-0.2, -0.15) is 0 Å². The summed E-state index contributed by atoms with van der Waals surface area (Å²) in [6.07, 6.45) is 7.71. The molecule has 4 nitrogen and oxygen atoms in total. The van der Waals surface area contributed by atoms with Crippen molar-refractivity contribution in [3.63, 3.8) is 0 Å². The van der Waals surface area contributed by atoms with Gasteiger partial charge in [0.1, 0.15) is 11.9 Å². The van der Waals surface area contributed by atoms with E-state index in [4.69, 9.17) is 4.74 Å². The average Bonchev–Trinajstić information content (AvgIpc) is 2.93. The van der Waals surface area contributed by atoms with Crippen LogP contribution in [0.15, 0.2) is 0 Å². The van der Waals surface area contributed by atoms with Crippen LogP contribution >= 0.6 is 0 Å². The Kier molecular flexibility index (Phi) is 4.63. The van der Waals surface area contributed by atoms with Crippen molar-refractivity contribution in [2.75, 3.05) is 13.2 Å². The SMILES string of the molecule is CC1CCOC1C(=O)N1CCCCC1C1CCCCC1=O. The Labute approximate surface area is 127 Å². The molecule has 21 heavy (non-hydrogen) atoms. The van der Waals surface area contributed by atoms with Gasteiger partial charge in [0.25, 0.3) is 5.91 Å². The summed E-state index contributed by atoms with van der Waals surface area (Å²) in [4.78, 5) is 27.1. The van der Waals surface area contributed by atoms with Gasteiger partial charge in [0, 0.05) is 31.5 Å². The van der Waals surface area contributed by atoms with E-state index >= 15 is 0 Å². The predicted molar refractivity (Wildman–Crippen MR) is 79.8 cm³/mol. The summed E-state index contributed by atoms with van der Waals surface area (Å²) in [5.74, 6) is 0.913. The number of amides is 1. The van der Waals surface area contributed by atoms with Gasteiger partial charge in [-0.15, -0.1) is 0 Å². The highest BCUT2D eigenvalue weighted by atomic mass is 16.5. The van der Waals surface area contributed by atoms with Gasteiger partial charge in [-0.1, -0.05) is 13.3 Å². The summed E-state index contributed by atoms with van der Waals surface area (Å²) >= 11 is 0. The molecule has 0 N–H and O–H groups in total. The number of ketones is 1. The Morgan fingerprint density at radius 1 is 1.14 bits per heavy atom. The minimum Gasteiger partial charge on any atom is -0.368 e. The van der Waals surface area contributed by atoms with Crippen LogP contribution in [-0.2, 0) is 14.3 Å². The molecule has 0 radical (unpaired) electrons. The van der Waals surface area contributed by atoms with Gasteiger partial charge in [0.15, 0.2) is 0 Å². The predicted octanol–water partition coefficient (Wildman–Crippen LogP) is 2.55. The lowest BCUT2D eigenvalue weighted by Gasteiger charge is -2.42. The van der Waals surface area contributed by atoms with Crippen LogP contribution < -0.4 is 0 Å². The lowest BCUT2D eigenvalue weighted by molar-refractivity contribution is -0.149. The molecule has 4 unspecified atom stereocenters. The molecule has 1 amide bonds. The Morgan fingerprint density at radius 3 is 2.67 bits per heavy atom. The standard InChI is InChI=1S/C17H27NO3/c1-12-9-11-21-16(12)17(20)18-10-5-4-7-14(18)13-6-2-3-8-15(13)19/h12-14,16H,2-11H2,1H3. The molecular weight excluding hydrogens is 266 g/mol. The highest BCUT2D eigenvalue weighted by Gasteiger charge is 2.41. The van der Waals surface area contributed by atoms with E-state index in [9.17, 15) is 9.59 Å². The van der Waals surface area contributed by atoms with E-state index < -0.39 is 0 Å². The van der Waals surface area contributed by atoms with Gasteiger partial charge in [0.2, 0.25) is 0 Å². The number of rotatable bonds is 2. The van der Waals surface area contributed by atoms with Crippen LogP contribution in [0.1, 0.15) is 58.3 Å². The van der Waals surface area contributed by atoms with E-state index in [-0.39, 0.29) is 24.0 Å². The van der Waals surface area contributed by atoms with Crippen LogP contribution in [0.3, 0.4) is 0 Å². The number of carbonyl (C=O) groups excluding carboxylic acids is 2. The van der Waals surface area contributed by atoms with E-state index in [0.29, 0.717) is 24.7 Å². The van der Waals surface area contributed by atoms with Crippen LogP contribution in [0.25, 0.3) is 0 Å². The van der Waals surface area contributed by atoms with E-state index in [2.05, 4.69) is 6.92 Å². The molecule has 4 atom stereocenters. The first kappa shape index (κ1) is 15.0. The maximum absolute atomic E-state index is 12.9. The minimum atomic E-state index is -0.274. The Morgan fingerprint density at radius 2 is 1.95 bits per heavy atom. The number of Topliss-reactive ketones (excluding diaryl/α,β-unsaturated/α-hetero) is 1. The van der Waals surface area contributed by atoms with Crippen molar-refractivity contribution < 1.29 is 14.3 Å². The summed E-state index contributed by atoms with van der Waals surface area (Å²) in [6, 6.07) is 0.135. The lowest BCUT2D eigenvalue weighted by atomic mass is 9.78. The Balaban J connectivity index is 1.74. The normalized spacial score (nSPS) is 37.8. The second-order valence-corrected chi connectivity index (χ2v) is 6.97. The highest BCUT2D eigenvalue weighted by molar-refractivity contribution is 5.85.